The van der Waals surface area contributed by atoms with Crippen LogP contribution in [0, 0.1) is 0 Å². The Morgan fingerprint density at radius 3 is 2.59 bits per heavy atom. The molecule has 122 valence electrons. The summed E-state index contributed by atoms with van der Waals surface area (Å²) in [5, 5.41) is 0. The molecule has 0 saturated heterocycles. The molecule has 22 heavy (non-hydrogen) atoms. The summed E-state index contributed by atoms with van der Waals surface area (Å²) >= 11 is 0. The number of carbonyl (C=O) groups excluding carboxylic acids is 2. The molecule has 0 amide bonds. The molecular weight excluding hydrogens is 284 g/mol. The summed E-state index contributed by atoms with van der Waals surface area (Å²) in [6.07, 6.45) is 8.05. The van der Waals surface area contributed by atoms with Gasteiger partial charge in [-0.15, -0.1) is 0 Å². The van der Waals surface area contributed by atoms with Crippen molar-refractivity contribution in [1.29, 1.82) is 0 Å². The van der Waals surface area contributed by atoms with Gasteiger partial charge in [0.25, 0.3) is 0 Å². The quantitative estimate of drug-likeness (QED) is 0.392. The molecule has 0 spiro atoms. The Hall–Kier alpha value is -1.88. The molecule has 0 radical (unpaired) electrons. The Bertz CT molecular complexity index is 515. The van der Waals surface area contributed by atoms with Crippen molar-refractivity contribution in [1.82, 2.24) is 0 Å². The van der Waals surface area contributed by atoms with E-state index in [-0.39, 0.29) is 29.6 Å². The zero-order chi connectivity index (χ0) is 16.8. The number of hydrogen-bond acceptors (Lipinski definition) is 5. The second-order valence-electron chi connectivity index (χ2n) is 5.27. The van der Waals surface area contributed by atoms with E-state index in [0.717, 1.165) is 6.42 Å². The maximum Gasteiger partial charge on any atom is 0.346 e. The molecule has 1 aliphatic heterocycles. The van der Waals surface area contributed by atoms with Gasteiger partial charge in [-0.05, 0) is 26.3 Å². The molecule has 2 unspecified atom stereocenters. The number of methoxy groups -OCH3 is 2. The highest BCUT2D eigenvalue weighted by Gasteiger charge is 2.46. The molecule has 0 fully saturated rings. The number of cyclic esters (lactones) is 1. The van der Waals surface area contributed by atoms with Crippen molar-refractivity contribution in [2.75, 3.05) is 14.2 Å². The molecule has 0 aromatic heterocycles. The van der Waals surface area contributed by atoms with Gasteiger partial charge in [0.2, 0.25) is 0 Å². The van der Waals surface area contributed by atoms with Crippen LogP contribution in [-0.4, -0.2) is 37.7 Å². The van der Waals surface area contributed by atoms with Gasteiger partial charge in [-0.3, -0.25) is 4.79 Å². The van der Waals surface area contributed by atoms with Crippen molar-refractivity contribution < 1.29 is 23.8 Å². The number of carbonyl (C=O) groups is 2. The lowest BCUT2D eigenvalue weighted by molar-refractivity contribution is -0.144. The topological polar surface area (TPSA) is 61.8 Å². The highest BCUT2D eigenvalue weighted by atomic mass is 16.6. The normalized spacial score (nSPS) is 23.4. The minimum Gasteiger partial charge on any atom is -0.495 e. The fourth-order valence-electron chi connectivity index (χ4n) is 2.19. The van der Waals surface area contributed by atoms with Gasteiger partial charge in [-0.1, -0.05) is 25.2 Å². The van der Waals surface area contributed by atoms with E-state index >= 15 is 0 Å². The average Bonchev–Trinajstić information content (AvgIpc) is 2.73. The van der Waals surface area contributed by atoms with Crippen LogP contribution in [0.5, 0.6) is 0 Å². The summed E-state index contributed by atoms with van der Waals surface area (Å²) in [7, 11) is 2.95. The van der Waals surface area contributed by atoms with Crippen molar-refractivity contribution in [2.45, 2.75) is 45.3 Å². The standard InChI is InChI=1S/C17H24O5/c1-6-7-8-9-10-17(3)15(21-5)14(16(19)22-17)13(18)11-12(2)20-4/h7-10,12H,6,11H2,1-5H3. The molecule has 0 N–H and O–H groups in total. The molecule has 0 aliphatic carbocycles. The van der Waals surface area contributed by atoms with Gasteiger partial charge >= 0.3 is 5.97 Å². The van der Waals surface area contributed by atoms with Crippen molar-refractivity contribution >= 4 is 11.8 Å². The molecule has 2 atom stereocenters. The Morgan fingerprint density at radius 2 is 2.05 bits per heavy atom. The first-order valence-electron chi connectivity index (χ1n) is 7.32. The number of rotatable bonds is 8. The van der Waals surface area contributed by atoms with Gasteiger partial charge in [0, 0.05) is 13.5 Å². The highest BCUT2D eigenvalue weighted by Crippen LogP contribution is 2.35. The second-order valence-corrected chi connectivity index (χ2v) is 5.27. The summed E-state index contributed by atoms with van der Waals surface area (Å²) in [5.74, 6) is -0.749. The number of ketones is 1. The Balaban J connectivity index is 3.09. The Kier molecular flexibility index (Phi) is 6.56. The van der Waals surface area contributed by atoms with Crippen LogP contribution in [0.4, 0.5) is 0 Å². The number of ether oxygens (including phenoxy) is 3. The predicted octanol–water partition coefficient (Wildman–Crippen LogP) is 2.72. The van der Waals surface area contributed by atoms with E-state index in [9.17, 15) is 9.59 Å². The van der Waals surface area contributed by atoms with Gasteiger partial charge in [-0.2, -0.15) is 0 Å². The summed E-state index contributed by atoms with van der Waals surface area (Å²) in [5.41, 5.74) is -1.09. The monoisotopic (exact) mass is 308 g/mol. The Morgan fingerprint density at radius 1 is 1.36 bits per heavy atom. The van der Waals surface area contributed by atoms with Crippen LogP contribution in [0.2, 0.25) is 0 Å². The smallest absolute Gasteiger partial charge is 0.346 e. The van der Waals surface area contributed by atoms with E-state index in [4.69, 9.17) is 14.2 Å². The van der Waals surface area contributed by atoms with E-state index < -0.39 is 11.6 Å². The first kappa shape index (κ1) is 18.2. The van der Waals surface area contributed by atoms with Crippen LogP contribution in [-0.2, 0) is 23.8 Å². The summed E-state index contributed by atoms with van der Waals surface area (Å²) in [6, 6.07) is 0. The minimum atomic E-state index is -1.06. The number of Topliss-reactive ketones (excluding diaryl/α,β-unsaturated/α-hetero) is 1. The third-order valence-electron chi connectivity index (χ3n) is 3.44. The Labute approximate surface area is 131 Å². The van der Waals surface area contributed by atoms with Crippen LogP contribution in [0.15, 0.2) is 35.6 Å². The summed E-state index contributed by atoms with van der Waals surface area (Å²) in [6.45, 7) is 5.48. The minimum absolute atomic E-state index is 0.0296. The van der Waals surface area contributed by atoms with Gasteiger partial charge in [-0.25, -0.2) is 4.79 Å². The maximum atomic E-state index is 12.3. The first-order valence-corrected chi connectivity index (χ1v) is 7.32. The third-order valence-corrected chi connectivity index (χ3v) is 3.44. The third kappa shape index (κ3) is 4.07. The van der Waals surface area contributed by atoms with Crippen LogP contribution >= 0.6 is 0 Å². The molecule has 0 aromatic rings. The van der Waals surface area contributed by atoms with Crippen molar-refractivity contribution in [3.05, 3.63) is 35.6 Å². The lowest BCUT2D eigenvalue weighted by Gasteiger charge is -2.21. The van der Waals surface area contributed by atoms with Gasteiger partial charge < -0.3 is 14.2 Å². The van der Waals surface area contributed by atoms with Crippen LogP contribution < -0.4 is 0 Å². The van der Waals surface area contributed by atoms with E-state index in [2.05, 4.69) is 0 Å². The molecule has 5 nitrogen and oxygen atoms in total. The molecule has 1 rings (SSSR count). The molecule has 0 aromatic carbocycles. The van der Waals surface area contributed by atoms with Crippen LogP contribution in [0.3, 0.4) is 0 Å². The van der Waals surface area contributed by atoms with Crippen LogP contribution in [0.1, 0.15) is 33.6 Å². The van der Waals surface area contributed by atoms with Gasteiger partial charge in [0.05, 0.1) is 13.2 Å². The molecule has 1 aliphatic rings. The van der Waals surface area contributed by atoms with Gasteiger partial charge in [0.15, 0.2) is 17.1 Å². The van der Waals surface area contributed by atoms with E-state index in [1.54, 1.807) is 26.0 Å². The number of hydrogen-bond donors (Lipinski definition) is 0. The second kappa shape index (κ2) is 7.94. The summed E-state index contributed by atoms with van der Waals surface area (Å²) < 4.78 is 15.7. The van der Waals surface area contributed by atoms with Crippen LogP contribution in [0.25, 0.3) is 0 Å². The maximum absolute atomic E-state index is 12.3. The first-order chi connectivity index (χ1) is 10.4. The zero-order valence-corrected chi connectivity index (χ0v) is 13.8. The fourth-order valence-corrected chi connectivity index (χ4v) is 2.19. The lowest BCUT2D eigenvalue weighted by Crippen LogP contribution is -2.26. The lowest BCUT2D eigenvalue weighted by atomic mass is 9.98. The fraction of sp³-hybridized carbons (Fsp3) is 0.529. The van der Waals surface area contributed by atoms with Crippen molar-refractivity contribution in [3.63, 3.8) is 0 Å². The zero-order valence-electron chi connectivity index (χ0n) is 13.8. The van der Waals surface area contributed by atoms with Gasteiger partial charge in [0.1, 0.15) is 5.57 Å². The van der Waals surface area contributed by atoms with Crippen molar-refractivity contribution in [2.24, 2.45) is 0 Å². The average molecular weight is 308 g/mol. The highest BCUT2D eigenvalue weighted by molar-refractivity contribution is 6.19. The molecule has 0 bridgehead atoms. The SMILES string of the molecule is CCC=CC=CC1(C)OC(=O)C(C(=O)CC(C)OC)=C1OC. The predicted molar refractivity (Wildman–Crippen MR) is 83.2 cm³/mol. The molecule has 5 heteroatoms. The molecule has 0 saturated carbocycles. The molecule has 1 heterocycles. The number of allylic oxidation sites excluding steroid dienone is 3. The largest absolute Gasteiger partial charge is 0.495 e. The number of esters is 1. The van der Waals surface area contributed by atoms with E-state index in [1.165, 1.54) is 14.2 Å². The summed E-state index contributed by atoms with van der Waals surface area (Å²) in [4.78, 5) is 24.4. The van der Waals surface area contributed by atoms with Crippen molar-refractivity contribution in [3.8, 4) is 0 Å². The molecular formula is C17H24O5. The van der Waals surface area contributed by atoms with E-state index in [0.29, 0.717) is 0 Å². The van der Waals surface area contributed by atoms with E-state index in [1.807, 2.05) is 19.1 Å².